The third-order valence-corrected chi connectivity index (χ3v) is 3.57. The molecular weight excluding hydrogens is 204 g/mol. The van der Waals surface area contributed by atoms with E-state index in [0.29, 0.717) is 17.8 Å². The molecule has 0 fully saturated rings. The Hall–Kier alpha value is -1.82. The number of hydrogen-bond donors (Lipinski definition) is 0. The minimum Gasteiger partial charge on any atom is -0.0770 e. The topological polar surface area (TPSA) is 0 Å². The molecule has 0 N–H and O–H groups in total. The van der Waals surface area contributed by atoms with Crippen LogP contribution >= 0.6 is 0 Å². The van der Waals surface area contributed by atoms with Gasteiger partial charge in [0.05, 0.1) is 0 Å². The molecule has 0 heterocycles. The molecule has 0 radical (unpaired) electrons. The summed E-state index contributed by atoms with van der Waals surface area (Å²) in [6.07, 6.45) is 17.8. The Bertz CT molecular complexity index is 436. The van der Waals surface area contributed by atoms with E-state index in [1.165, 1.54) is 5.56 Å². The lowest BCUT2D eigenvalue weighted by atomic mass is 9.78. The van der Waals surface area contributed by atoms with E-state index in [9.17, 15) is 0 Å². The Morgan fingerprint density at radius 3 is 1.59 bits per heavy atom. The van der Waals surface area contributed by atoms with Crippen molar-refractivity contribution in [1.82, 2.24) is 0 Å². The predicted octanol–water partition coefficient (Wildman–Crippen LogP) is 4.25. The highest BCUT2D eigenvalue weighted by Gasteiger charge is 2.26. The summed E-state index contributed by atoms with van der Waals surface area (Å²) in [5, 5.41) is 0. The van der Waals surface area contributed by atoms with E-state index in [-0.39, 0.29) is 0 Å². The molecule has 84 valence electrons. The van der Waals surface area contributed by atoms with Crippen molar-refractivity contribution in [3.05, 3.63) is 84.5 Å². The lowest BCUT2D eigenvalue weighted by molar-refractivity contribution is 0.525. The molecule has 0 atom stereocenters. The Morgan fingerprint density at radius 2 is 1.12 bits per heavy atom. The van der Waals surface area contributed by atoms with Crippen molar-refractivity contribution >= 4 is 0 Å². The predicted molar refractivity (Wildman–Crippen MR) is 72.7 cm³/mol. The minimum atomic E-state index is 0.523. The van der Waals surface area contributed by atoms with Gasteiger partial charge < -0.3 is 0 Å². The third-order valence-electron chi connectivity index (χ3n) is 3.57. The molecule has 0 saturated carbocycles. The lowest BCUT2D eigenvalue weighted by Gasteiger charge is -2.25. The maximum atomic E-state index is 2.30. The molecule has 0 aromatic heterocycles. The van der Waals surface area contributed by atoms with Crippen LogP contribution in [0.2, 0.25) is 0 Å². The van der Waals surface area contributed by atoms with Crippen molar-refractivity contribution in [3.63, 3.8) is 0 Å². The molecule has 0 unspecified atom stereocenters. The van der Waals surface area contributed by atoms with E-state index in [1.54, 1.807) is 0 Å². The van der Waals surface area contributed by atoms with Crippen LogP contribution in [0.3, 0.4) is 0 Å². The molecular formula is C17H16. The van der Waals surface area contributed by atoms with Crippen molar-refractivity contribution < 1.29 is 0 Å². The second-order valence-corrected chi connectivity index (χ2v) is 4.63. The molecule has 3 rings (SSSR count). The normalized spacial score (nSPS) is 18.9. The fraction of sp³-hybridized carbons (Fsp3) is 0.176. The summed E-state index contributed by atoms with van der Waals surface area (Å²) < 4.78 is 0. The first-order valence-corrected chi connectivity index (χ1v) is 6.20. The Morgan fingerprint density at radius 1 is 0.647 bits per heavy atom. The monoisotopic (exact) mass is 220 g/mol. The summed E-state index contributed by atoms with van der Waals surface area (Å²) in [5.74, 6) is 1.57. The van der Waals surface area contributed by atoms with E-state index in [1.807, 2.05) is 0 Å². The summed E-state index contributed by atoms with van der Waals surface area (Å²) in [5.41, 5.74) is 1.43. The Balaban J connectivity index is 1.96. The Labute approximate surface area is 103 Å². The molecule has 0 saturated heterocycles. The van der Waals surface area contributed by atoms with E-state index >= 15 is 0 Å². The lowest BCUT2D eigenvalue weighted by Crippen LogP contribution is -2.15. The zero-order valence-electron chi connectivity index (χ0n) is 9.74. The van der Waals surface area contributed by atoms with Crippen molar-refractivity contribution in [2.75, 3.05) is 0 Å². The van der Waals surface area contributed by atoms with Gasteiger partial charge in [-0.25, -0.2) is 0 Å². The average molecular weight is 220 g/mol. The first-order valence-electron chi connectivity index (χ1n) is 6.20. The quantitative estimate of drug-likeness (QED) is 0.714. The maximum Gasteiger partial charge on any atom is 0.00339 e. The van der Waals surface area contributed by atoms with Crippen LogP contribution in [0, 0.1) is 11.8 Å². The SMILES string of the molecule is C1=CC(C(c2ccccc2)C2C=CC=C2)C=C1. The van der Waals surface area contributed by atoms with Crippen LogP contribution in [0.1, 0.15) is 11.5 Å². The van der Waals surface area contributed by atoms with Crippen LogP contribution in [0.25, 0.3) is 0 Å². The van der Waals surface area contributed by atoms with Gasteiger partial charge in [-0.1, -0.05) is 78.9 Å². The van der Waals surface area contributed by atoms with Gasteiger partial charge in [-0.3, -0.25) is 0 Å². The van der Waals surface area contributed by atoms with Crippen molar-refractivity contribution in [2.45, 2.75) is 5.92 Å². The van der Waals surface area contributed by atoms with Gasteiger partial charge in [0.2, 0.25) is 0 Å². The molecule has 0 heteroatoms. The second kappa shape index (κ2) is 4.58. The molecule has 2 aliphatic rings. The number of allylic oxidation sites excluding steroid dienone is 8. The second-order valence-electron chi connectivity index (χ2n) is 4.63. The van der Waals surface area contributed by atoms with E-state index < -0.39 is 0 Å². The van der Waals surface area contributed by atoms with Crippen LogP contribution in [0.5, 0.6) is 0 Å². The molecule has 1 aromatic rings. The first kappa shape index (κ1) is 10.3. The largest absolute Gasteiger partial charge is 0.0770 e. The molecule has 2 aliphatic carbocycles. The summed E-state index contributed by atoms with van der Waals surface area (Å²) >= 11 is 0. The van der Waals surface area contributed by atoms with Gasteiger partial charge in [0, 0.05) is 17.8 Å². The number of benzene rings is 1. The minimum absolute atomic E-state index is 0.523. The van der Waals surface area contributed by atoms with Crippen LogP contribution < -0.4 is 0 Å². The van der Waals surface area contributed by atoms with Gasteiger partial charge in [0.15, 0.2) is 0 Å². The molecule has 0 amide bonds. The van der Waals surface area contributed by atoms with Crippen molar-refractivity contribution in [3.8, 4) is 0 Å². The standard InChI is InChI=1S/C17H16/c1-2-8-14(9-3-1)17(15-10-4-5-11-15)16-12-6-7-13-16/h1-13,15-17H. The molecule has 17 heavy (non-hydrogen) atoms. The van der Waals surface area contributed by atoms with Gasteiger partial charge in [-0.05, 0) is 5.56 Å². The van der Waals surface area contributed by atoms with Gasteiger partial charge in [0.1, 0.15) is 0 Å². The average Bonchev–Trinajstić information content (AvgIpc) is 3.04. The van der Waals surface area contributed by atoms with Crippen LogP contribution in [-0.2, 0) is 0 Å². The number of rotatable bonds is 3. The molecule has 0 bridgehead atoms. The molecule has 1 aromatic carbocycles. The van der Waals surface area contributed by atoms with Gasteiger partial charge in [-0.15, -0.1) is 0 Å². The Kier molecular flexibility index (Phi) is 2.79. The van der Waals surface area contributed by atoms with E-state index in [4.69, 9.17) is 0 Å². The molecule has 0 nitrogen and oxygen atoms in total. The summed E-state index contributed by atoms with van der Waals surface area (Å²) in [6.45, 7) is 0. The summed E-state index contributed by atoms with van der Waals surface area (Å²) in [6, 6.07) is 10.8. The van der Waals surface area contributed by atoms with E-state index in [0.717, 1.165) is 0 Å². The van der Waals surface area contributed by atoms with Crippen LogP contribution in [0.15, 0.2) is 78.9 Å². The van der Waals surface area contributed by atoms with E-state index in [2.05, 4.69) is 78.9 Å². The summed E-state index contributed by atoms with van der Waals surface area (Å²) in [7, 11) is 0. The maximum absolute atomic E-state index is 2.30. The van der Waals surface area contributed by atoms with Crippen molar-refractivity contribution in [2.24, 2.45) is 11.8 Å². The highest BCUT2D eigenvalue weighted by Crippen LogP contribution is 2.38. The summed E-state index contributed by atoms with van der Waals surface area (Å²) in [4.78, 5) is 0. The van der Waals surface area contributed by atoms with Crippen LogP contribution in [-0.4, -0.2) is 0 Å². The zero-order chi connectivity index (χ0) is 11.5. The number of hydrogen-bond acceptors (Lipinski definition) is 0. The van der Waals surface area contributed by atoms with Gasteiger partial charge >= 0.3 is 0 Å². The van der Waals surface area contributed by atoms with Gasteiger partial charge in [0.25, 0.3) is 0 Å². The highest BCUT2D eigenvalue weighted by atomic mass is 14.3. The zero-order valence-corrected chi connectivity index (χ0v) is 9.74. The van der Waals surface area contributed by atoms with Crippen LogP contribution in [0.4, 0.5) is 0 Å². The van der Waals surface area contributed by atoms with Gasteiger partial charge in [-0.2, -0.15) is 0 Å². The smallest absolute Gasteiger partial charge is 0.00339 e. The fourth-order valence-electron chi connectivity index (χ4n) is 2.75. The molecule has 0 spiro atoms. The molecule has 0 aliphatic heterocycles. The fourth-order valence-corrected chi connectivity index (χ4v) is 2.75. The first-order chi connectivity index (χ1) is 8.45. The van der Waals surface area contributed by atoms with Crippen molar-refractivity contribution in [1.29, 1.82) is 0 Å². The highest BCUT2D eigenvalue weighted by molar-refractivity contribution is 5.34. The third kappa shape index (κ3) is 2.03.